The third kappa shape index (κ3) is 4.70. The van der Waals surface area contributed by atoms with Gasteiger partial charge in [-0.3, -0.25) is 4.79 Å². The van der Waals surface area contributed by atoms with Gasteiger partial charge in [0.05, 0.1) is 17.6 Å². The molecule has 0 N–H and O–H groups in total. The Morgan fingerprint density at radius 3 is 2.73 bits per heavy atom. The molecule has 0 saturated heterocycles. The summed E-state index contributed by atoms with van der Waals surface area (Å²) in [4.78, 5) is 16.1. The highest BCUT2D eigenvalue weighted by molar-refractivity contribution is 6.31. The van der Waals surface area contributed by atoms with Crippen LogP contribution in [0.4, 0.5) is 4.39 Å². The largest absolute Gasteiger partial charge is 0.461 e. The van der Waals surface area contributed by atoms with Crippen molar-refractivity contribution in [1.82, 2.24) is 4.98 Å². The van der Waals surface area contributed by atoms with E-state index in [0.29, 0.717) is 23.6 Å². The minimum atomic E-state index is -0.432. The lowest BCUT2D eigenvalue weighted by molar-refractivity contribution is -0.145. The second-order valence-electron chi connectivity index (χ2n) is 5.88. The van der Waals surface area contributed by atoms with Crippen LogP contribution in [0.5, 0.6) is 0 Å². The number of benzene rings is 2. The van der Waals surface area contributed by atoms with E-state index in [4.69, 9.17) is 20.8 Å². The van der Waals surface area contributed by atoms with E-state index in [0.717, 1.165) is 11.1 Å². The van der Waals surface area contributed by atoms with Gasteiger partial charge in [-0.15, -0.1) is 0 Å². The first-order valence-electron chi connectivity index (χ1n) is 8.12. The van der Waals surface area contributed by atoms with E-state index >= 15 is 0 Å². The minimum absolute atomic E-state index is 0.00184. The fourth-order valence-corrected chi connectivity index (χ4v) is 2.58. The lowest BCUT2D eigenvalue weighted by Gasteiger charge is -2.06. The van der Waals surface area contributed by atoms with Crippen LogP contribution in [0.1, 0.15) is 23.4 Å². The van der Waals surface area contributed by atoms with Crippen LogP contribution in [0.15, 0.2) is 53.1 Å². The molecule has 1 aromatic heterocycles. The number of rotatable bonds is 6. The summed E-state index contributed by atoms with van der Waals surface area (Å²) < 4.78 is 23.8. The SMILES string of the molecule is Cc1ccc(-c2cnc(CCC(=O)OCc3ccc(F)cc3Cl)o2)cc1. The molecule has 3 rings (SSSR count). The summed E-state index contributed by atoms with van der Waals surface area (Å²) in [5.41, 5.74) is 2.65. The van der Waals surface area contributed by atoms with Crippen molar-refractivity contribution < 1.29 is 18.3 Å². The molecule has 0 fully saturated rings. The number of halogens is 2. The Hall–Kier alpha value is -2.66. The van der Waals surface area contributed by atoms with Crippen LogP contribution < -0.4 is 0 Å². The number of ether oxygens (including phenoxy) is 1. The molecule has 134 valence electrons. The van der Waals surface area contributed by atoms with E-state index in [1.165, 1.54) is 18.2 Å². The van der Waals surface area contributed by atoms with Crippen molar-refractivity contribution in [2.45, 2.75) is 26.4 Å². The summed E-state index contributed by atoms with van der Waals surface area (Å²) >= 11 is 5.90. The summed E-state index contributed by atoms with van der Waals surface area (Å²) in [5.74, 6) is 0.294. The van der Waals surface area contributed by atoms with Crippen LogP contribution in [0.25, 0.3) is 11.3 Å². The van der Waals surface area contributed by atoms with Crippen LogP contribution in [-0.2, 0) is 22.6 Å². The molecule has 0 aliphatic heterocycles. The molecule has 6 heteroatoms. The predicted octanol–water partition coefficient (Wildman–Crippen LogP) is 5.12. The number of carbonyl (C=O) groups excluding carboxylic acids is 1. The Morgan fingerprint density at radius 2 is 2.00 bits per heavy atom. The molecule has 0 aliphatic carbocycles. The molecule has 0 aliphatic rings. The maximum Gasteiger partial charge on any atom is 0.306 e. The Bertz CT molecular complexity index is 906. The lowest BCUT2D eigenvalue weighted by atomic mass is 10.1. The van der Waals surface area contributed by atoms with Gasteiger partial charge in [-0.2, -0.15) is 0 Å². The first-order chi connectivity index (χ1) is 12.5. The number of aromatic nitrogens is 1. The standard InChI is InChI=1S/C20H17ClFNO3/c1-13-2-4-14(5-3-13)18-11-23-19(26-18)8-9-20(24)25-12-15-6-7-16(22)10-17(15)21/h2-7,10-11H,8-9,12H2,1H3. The van der Waals surface area contributed by atoms with Crippen molar-refractivity contribution in [2.75, 3.05) is 0 Å². The van der Waals surface area contributed by atoms with E-state index in [9.17, 15) is 9.18 Å². The zero-order valence-corrected chi connectivity index (χ0v) is 14.9. The van der Waals surface area contributed by atoms with Crippen LogP contribution in [-0.4, -0.2) is 11.0 Å². The van der Waals surface area contributed by atoms with Crippen LogP contribution in [0, 0.1) is 12.7 Å². The second-order valence-corrected chi connectivity index (χ2v) is 6.29. The third-order valence-corrected chi connectivity index (χ3v) is 4.19. The quantitative estimate of drug-likeness (QED) is 0.563. The van der Waals surface area contributed by atoms with E-state index in [2.05, 4.69) is 4.98 Å². The Labute approximate surface area is 155 Å². The number of carbonyl (C=O) groups is 1. The molecule has 1 heterocycles. The fraction of sp³-hybridized carbons (Fsp3) is 0.200. The van der Waals surface area contributed by atoms with Gasteiger partial charge in [0.2, 0.25) is 0 Å². The molecular formula is C20H17ClFNO3. The van der Waals surface area contributed by atoms with E-state index in [1.807, 2.05) is 31.2 Å². The van der Waals surface area contributed by atoms with Gasteiger partial charge >= 0.3 is 5.97 Å². The molecule has 2 aromatic carbocycles. The van der Waals surface area contributed by atoms with E-state index in [1.54, 1.807) is 6.20 Å². The summed E-state index contributed by atoms with van der Waals surface area (Å²) in [6, 6.07) is 11.9. The maximum absolute atomic E-state index is 13.0. The average Bonchev–Trinajstić information content (AvgIpc) is 3.09. The molecule has 4 nitrogen and oxygen atoms in total. The highest BCUT2D eigenvalue weighted by atomic mass is 35.5. The number of oxazole rings is 1. The molecule has 26 heavy (non-hydrogen) atoms. The summed E-state index contributed by atoms with van der Waals surface area (Å²) in [6.07, 6.45) is 2.11. The Kier molecular flexibility index (Phi) is 5.68. The zero-order valence-electron chi connectivity index (χ0n) is 14.2. The molecule has 0 amide bonds. The number of nitrogens with zero attached hydrogens (tertiary/aromatic N) is 1. The highest BCUT2D eigenvalue weighted by Crippen LogP contribution is 2.22. The van der Waals surface area contributed by atoms with Crippen molar-refractivity contribution in [3.8, 4) is 11.3 Å². The average molecular weight is 374 g/mol. The Balaban J connectivity index is 1.51. The second kappa shape index (κ2) is 8.15. The molecule has 0 radical (unpaired) electrons. The van der Waals surface area contributed by atoms with Gasteiger partial charge in [0, 0.05) is 17.5 Å². The predicted molar refractivity (Wildman–Crippen MR) is 96.2 cm³/mol. The van der Waals surface area contributed by atoms with Crippen LogP contribution in [0.3, 0.4) is 0 Å². The first kappa shape index (κ1) is 18.1. The van der Waals surface area contributed by atoms with Crippen LogP contribution >= 0.6 is 11.6 Å². The molecule has 3 aromatic rings. The summed E-state index contributed by atoms with van der Waals surface area (Å²) in [6.45, 7) is 2.01. The first-order valence-corrected chi connectivity index (χ1v) is 8.50. The van der Waals surface area contributed by atoms with Gasteiger partial charge in [0.15, 0.2) is 11.7 Å². The minimum Gasteiger partial charge on any atom is -0.461 e. The zero-order chi connectivity index (χ0) is 18.5. The lowest BCUT2D eigenvalue weighted by Crippen LogP contribution is -2.06. The van der Waals surface area contributed by atoms with Crippen molar-refractivity contribution in [3.63, 3.8) is 0 Å². The van der Waals surface area contributed by atoms with Crippen LogP contribution in [0.2, 0.25) is 5.02 Å². The highest BCUT2D eigenvalue weighted by Gasteiger charge is 2.11. The Morgan fingerprint density at radius 1 is 1.23 bits per heavy atom. The molecule has 0 spiro atoms. The maximum atomic E-state index is 13.0. The number of aryl methyl sites for hydroxylation is 2. The van der Waals surface area contributed by atoms with Gasteiger partial charge in [0.1, 0.15) is 12.4 Å². The summed E-state index contributed by atoms with van der Waals surface area (Å²) in [5, 5.41) is 0.230. The van der Waals surface area contributed by atoms with Gasteiger partial charge in [-0.25, -0.2) is 9.37 Å². The third-order valence-electron chi connectivity index (χ3n) is 3.84. The molecule has 0 bridgehead atoms. The van der Waals surface area contributed by atoms with Gasteiger partial charge in [-0.1, -0.05) is 47.5 Å². The number of hydrogen-bond donors (Lipinski definition) is 0. The smallest absolute Gasteiger partial charge is 0.306 e. The van der Waals surface area contributed by atoms with Gasteiger partial charge in [-0.05, 0) is 19.1 Å². The fourth-order valence-electron chi connectivity index (χ4n) is 2.36. The van der Waals surface area contributed by atoms with Crippen molar-refractivity contribution >= 4 is 17.6 Å². The van der Waals surface area contributed by atoms with E-state index < -0.39 is 11.8 Å². The van der Waals surface area contributed by atoms with Gasteiger partial charge in [0.25, 0.3) is 0 Å². The monoisotopic (exact) mass is 373 g/mol. The van der Waals surface area contributed by atoms with Crippen molar-refractivity contribution in [3.05, 3.63) is 76.5 Å². The number of hydrogen-bond acceptors (Lipinski definition) is 4. The molecular weight excluding hydrogens is 357 g/mol. The van der Waals surface area contributed by atoms with Crippen molar-refractivity contribution in [2.24, 2.45) is 0 Å². The number of esters is 1. The molecule has 0 atom stereocenters. The van der Waals surface area contributed by atoms with Gasteiger partial charge < -0.3 is 9.15 Å². The van der Waals surface area contributed by atoms with E-state index in [-0.39, 0.29) is 18.1 Å². The van der Waals surface area contributed by atoms with Crippen molar-refractivity contribution in [1.29, 1.82) is 0 Å². The summed E-state index contributed by atoms with van der Waals surface area (Å²) in [7, 11) is 0. The molecule has 0 saturated carbocycles. The normalized spacial score (nSPS) is 10.7. The topological polar surface area (TPSA) is 52.3 Å². The molecule has 0 unspecified atom stereocenters.